The number of benzene rings is 1. The van der Waals surface area contributed by atoms with Crippen molar-refractivity contribution in [1.82, 2.24) is 4.98 Å². The Morgan fingerprint density at radius 1 is 1.22 bits per heavy atom. The molecule has 0 bridgehead atoms. The molecule has 3 N–H and O–H groups in total. The van der Waals surface area contributed by atoms with Gasteiger partial charge >= 0.3 is 6.18 Å². The molecule has 1 aliphatic rings. The predicted molar refractivity (Wildman–Crippen MR) is 101 cm³/mol. The van der Waals surface area contributed by atoms with Crippen LogP contribution in [0.25, 0.3) is 0 Å². The highest BCUT2D eigenvalue weighted by atomic mass is 19.4. The Bertz CT molecular complexity index is 1050. The molecule has 1 aromatic heterocycles. The molecule has 4 unspecified atom stereocenters. The van der Waals surface area contributed by atoms with E-state index in [0.29, 0.717) is 0 Å². The van der Waals surface area contributed by atoms with Crippen LogP contribution >= 0.6 is 0 Å². The van der Waals surface area contributed by atoms with Crippen molar-refractivity contribution < 1.29 is 41.0 Å². The van der Waals surface area contributed by atoms with Crippen molar-refractivity contribution in [2.24, 2.45) is 11.7 Å². The lowest BCUT2D eigenvalue weighted by atomic mass is 9.81. The van der Waals surface area contributed by atoms with Crippen LogP contribution in [0.1, 0.15) is 28.9 Å². The number of pyridine rings is 1. The Kier molecular flexibility index (Phi) is 6.35. The number of aromatic nitrogens is 1. The van der Waals surface area contributed by atoms with Gasteiger partial charge in [-0.2, -0.15) is 17.6 Å². The fraction of sp³-hybridized carbons (Fsp3) is 0.350. The van der Waals surface area contributed by atoms with Crippen LogP contribution < -0.4 is 15.8 Å². The van der Waals surface area contributed by atoms with Crippen LogP contribution in [0.15, 0.2) is 30.5 Å². The molecule has 4 atom stereocenters. The van der Waals surface area contributed by atoms with Gasteiger partial charge in [-0.05, 0) is 18.2 Å². The summed E-state index contributed by atoms with van der Waals surface area (Å²) in [4.78, 5) is 27.9. The summed E-state index contributed by atoms with van der Waals surface area (Å²) in [5.74, 6) is -7.83. The number of carbonyl (C=O) groups is 2. The minimum absolute atomic E-state index is 0.0292. The summed E-state index contributed by atoms with van der Waals surface area (Å²) >= 11 is 0. The van der Waals surface area contributed by atoms with Gasteiger partial charge in [0, 0.05) is 29.3 Å². The Hall–Kier alpha value is -3.28. The van der Waals surface area contributed by atoms with Crippen LogP contribution in [0, 0.1) is 17.6 Å². The number of alkyl halides is 3. The molecule has 1 saturated heterocycles. The molecule has 0 aliphatic carbocycles. The Balaban J connectivity index is 2.02. The molecule has 0 saturated carbocycles. The zero-order valence-corrected chi connectivity index (χ0v) is 16.7. The van der Waals surface area contributed by atoms with Gasteiger partial charge < -0.3 is 20.5 Å². The van der Waals surface area contributed by atoms with Crippen LogP contribution in [-0.4, -0.2) is 42.3 Å². The first-order chi connectivity index (χ1) is 15.0. The zero-order valence-electron chi connectivity index (χ0n) is 16.7. The number of hydrogen-bond acceptors (Lipinski definition) is 5. The lowest BCUT2D eigenvalue weighted by Gasteiger charge is -2.24. The second-order valence-corrected chi connectivity index (χ2v) is 7.17. The molecule has 12 heteroatoms. The molecule has 1 fully saturated rings. The largest absolute Gasteiger partial charge is 0.493 e. The van der Waals surface area contributed by atoms with Crippen LogP contribution in [0.5, 0.6) is 5.75 Å². The molecule has 2 aromatic rings. The standard InChI is InChI=1S/C20H18F5N3O4/c1-8-13(10-3-4-11(21)14(22)15(10)31-2)16(32-17(8)20(23,24)25)19(30)28-9-5-6-27-12(7-9)18(26)29/h3-8,13,16-17H,1-2H3,(H2,26,29)(H,27,28,30). The molecule has 0 spiro atoms. The topological polar surface area (TPSA) is 104 Å². The van der Waals surface area contributed by atoms with Crippen LogP contribution in [0.4, 0.5) is 27.6 Å². The number of amides is 2. The Morgan fingerprint density at radius 3 is 2.50 bits per heavy atom. The summed E-state index contributed by atoms with van der Waals surface area (Å²) in [5, 5.41) is 2.35. The third-order valence-corrected chi connectivity index (χ3v) is 5.17. The number of methoxy groups -OCH3 is 1. The van der Waals surface area contributed by atoms with Crippen LogP contribution in [0.3, 0.4) is 0 Å². The smallest absolute Gasteiger partial charge is 0.414 e. The van der Waals surface area contributed by atoms with E-state index in [4.69, 9.17) is 15.2 Å². The van der Waals surface area contributed by atoms with E-state index in [1.54, 1.807) is 0 Å². The summed E-state index contributed by atoms with van der Waals surface area (Å²) in [6.07, 6.45) is -7.74. The third-order valence-electron chi connectivity index (χ3n) is 5.17. The summed E-state index contributed by atoms with van der Waals surface area (Å²) in [5.41, 5.74) is 4.82. The SMILES string of the molecule is COc1c(C2C(C(=O)Nc3ccnc(C(N)=O)c3)OC(C(F)(F)F)C2C)ccc(F)c1F. The lowest BCUT2D eigenvalue weighted by Crippen LogP contribution is -2.35. The molecule has 1 aromatic carbocycles. The highest BCUT2D eigenvalue weighted by Crippen LogP contribution is 2.49. The first-order valence-electron chi connectivity index (χ1n) is 9.26. The Labute approximate surface area is 178 Å². The molecular formula is C20H18F5N3O4. The summed E-state index contributed by atoms with van der Waals surface area (Å²) in [6.45, 7) is 1.19. The van der Waals surface area contributed by atoms with Gasteiger partial charge in [-0.1, -0.05) is 13.0 Å². The van der Waals surface area contributed by atoms with Crippen molar-refractivity contribution in [3.8, 4) is 5.75 Å². The highest BCUT2D eigenvalue weighted by Gasteiger charge is 2.57. The predicted octanol–water partition coefficient (Wildman–Crippen LogP) is 3.16. The molecule has 3 rings (SSSR count). The van der Waals surface area contributed by atoms with Gasteiger partial charge in [0.2, 0.25) is 5.82 Å². The van der Waals surface area contributed by atoms with Crippen LogP contribution in [0.2, 0.25) is 0 Å². The van der Waals surface area contributed by atoms with Crippen molar-refractivity contribution in [2.75, 3.05) is 12.4 Å². The van der Waals surface area contributed by atoms with Gasteiger partial charge in [0.25, 0.3) is 11.8 Å². The second-order valence-electron chi connectivity index (χ2n) is 7.17. The third kappa shape index (κ3) is 4.35. The average molecular weight is 459 g/mol. The first kappa shape index (κ1) is 23.4. The average Bonchev–Trinajstić information content (AvgIpc) is 3.07. The second kappa shape index (κ2) is 8.69. The van der Waals surface area contributed by atoms with E-state index in [1.165, 1.54) is 19.2 Å². The zero-order chi connectivity index (χ0) is 23.8. The Morgan fingerprint density at radius 2 is 1.91 bits per heavy atom. The number of primary amides is 1. The fourth-order valence-electron chi connectivity index (χ4n) is 3.75. The number of anilines is 1. The van der Waals surface area contributed by atoms with E-state index < -0.39 is 59.4 Å². The molecule has 2 heterocycles. The minimum Gasteiger partial charge on any atom is -0.493 e. The minimum atomic E-state index is -4.83. The summed E-state index contributed by atoms with van der Waals surface area (Å²) in [6, 6.07) is 4.21. The van der Waals surface area contributed by atoms with Gasteiger partial charge in [0.15, 0.2) is 17.7 Å². The lowest BCUT2D eigenvalue weighted by molar-refractivity contribution is -0.221. The van der Waals surface area contributed by atoms with Crippen LogP contribution in [-0.2, 0) is 9.53 Å². The summed E-state index contributed by atoms with van der Waals surface area (Å²) < 4.78 is 78.5. The maximum absolute atomic E-state index is 14.3. The molecule has 2 amide bonds. The van der Waals surface area contributed by atoms with E-state index in [0.717, 1.165) is 25.3 Å². The van der Waals surface area contributed by atoms with E-state index >= 15 is 0 Å². The number of nitrogens with zero attached hydrogens (tertiary/aromatic N) is 1. The number of hydrogen-bond donors (Lipinski definition) is 2. The van der Waals surface area contributed by atoms with Gasteiger partial charge in [0.1, 0.15) is 11.8 Å². The number of ether oxygens (including phenoxy) is 2. The van der Waals surface area contributed by atoms with Gasteiger partial charge in [-0.15, -0.1) is 0 Å². The van der Waals surface area contributed by atoms with E-state index in [1.807, 2.05) is 0 Å². The van der Waals surface area contributed by atoms with Crippen molar-refractivity contribution in [3.05, 3.63) is 53.4 Å². The number of rotatable bonds is 5. The highest BCUT2D eigenvalue weighted by molar-refractivity contribution is 5.97. The molecule has 1 aliphatic heterocycles. The summed E-state index contributed by atoms with van der Waals surface area (Å²) in [7, 11) is 1.03. The molecule has 0 radical (unpaired) electrons. The number of nitrogens with one attached hydrogen (secondary N) is 1. The molecule has 7 nitrogen and oxygen atoms in total. The van der Waals surface area contributed by atoms with Crippen molar-refractivity contribution in [3.63, 3.8) is 0 Å². The van der Waals surface area contributed by atoms with Gasteiger partial charge in [0.05, 0.1) is 7.11 Å². The van der Waals surface area contributed by atoms with E-state index in [2.05, 4.69) is 10.3 Å². The maximum Gasteiger partial charge on any atom is 0.414 e. The van der Waals surface area contributed by atoms with Gasteiger partial charge in [-0.25, -0.2) is 4.39 Å². The number of carbonyl (C=O) groups excluding carboxylic acids is 2. The van der Waals surface area contributed by atoms with E-state index in [9.17, 15) is 31.5 Å². The fourth-order valence-corrected chi connectivity index (χ4v) is 3.75. The molecule has 32 heavy (non-hydrogen) atoms. The van der Waals surface area contributed by atoms with Gasteiger partial charge in [-0.3, -0.25) is 14.6 Å². The normalized spacial score (nSPS) is 23.1. The number of halogens is 5. The van der Waals surface area contributed by atoms with Crippen molar-refractivity contribution >= 4 is 17.5 Å². The van der Waals surface area contributed by atoms with Crippen molar-refractivity contribution in [2.45, 2.75) is 31.2 Å². The maximum atomic E-state index is 14.3. The van der Waals surface area contributed by atoms with E-state index in [-0.39, 0.29) is 16.9 Å². The first-order valence-corrected chi connectivity index (χ1v) is 9.26. The monoisotopic (exact) mass is 459 g/mol. The quantitative estimate of drug-likeness (QED) is 0.669. The number of nitrogens with two attached hydrogens (primary N) is 1. The van der Waals surface area contributed by atoms with Crippen molar-refractivity contribution in [1.29, 1.82) is 0 Å². The molecular weight excluding hydrogens is 441 g/mol. The molecule has 172 valence electrons.